The van der Waals surface area contributed by atoms with Crippen LogP contribution in [-0.2, 0) is 12.6 Å². The van der Waals surface area contributed by atoms with Crippen LogP contribution in [-0.4, -0.2) is 9.97 Å². The van der Waals surface area contributed by atoms with Gasteiger partial charge in [0.25, 0.3) is 0 Å². The van der Waals surface area contributed by atoms with Gasteiger partial charge in [0, 0.05) is 12.5 Å². The number of alkyl halides is 3. The third kappa shape index (κ3) is 3.81. The zero-order valence-corrected chi connectivity index (χ0v) is 11.6. The molecule has 2 rings (SSSR count). The molecule has 1 heterocycles. The van der Waals surface area contributed by atoms with E-state index >= 15 is 0 Å². The molecule has 1 N–H and O–H groups in total. The number of anilines is 2. The highest BCUT2D eigenvalue weighted by atomic mass is 35.5. The van der Waals surface area contributed by atoms with Gasteiger partial charge < -0.3 is 5.32 Å². The van der Waals surface area contributed by atoms with E-state index in [1.807, 2.05) is 0 Å². The number of nitrogens with zero attached hydrogens (tertiary/aromatic N) is 2. The quantitative estimate of drug-likeness (QED) is 0.664. The third-order valence-corrected chi connectivity index (χ3v) is 2.81. The molecule has 0 unspecified atom stereocenters. The summed E-state index contributed by atoms with van der Waals surface area (Å²) in [5.41, 5.74) is -1.29. The van der Waals surface area contributed by atoms with Crippen molar-refractivity contribution in [3.8, 4) is 0 Å². The van der Waals surface area contributed by atoms with Crippen molar-refractivity contribution < 1.29 is 17.6 Å². The van der Waals surface area contributed by atoms with Gasteiger partial charge in [-0.15, -0.1) is 0 Å². The second kappa shape index (κ2) is 5.85. The number of aryl methyl sites for hydroxylation is 1. The van der Waals surface area contributed by atoms with Crippen LogP contribution in [0, 0.1) is 5.82 Å². The minimum Gasteiger partial charge on any atom is -0.338 e. The molecule has 0 fully saturated rings. The standard InChI is InChI=1S/C13H10ClF4N3/c1-2-11-20-10(14)6-12(21-11)19-9-5-7(13(16,17)18)3-4-8(9)15/h3-6H,2H2,1H3,(H,19,20,21). The third-order valence-electron chi connectivity index (χ3n) is 2.61. The number of halogens is 5. The molecule has 3 nitrogen and oxygen atoms in total. The molecule has 0 radical (unpaired) electrons. The van der Waals surface area contributed by atoms with Crippen LogP contribution in [0.5, 0.6) is 0 Å². The maximum Gasteiger partial charge on any atom is 0.416 e. The van der Waals surface area contributed by atoms with Crippen LogP contribution in [0.15, 0.2) is 24.3 Å². The summed E-state index contributed by atoms with van der Waals surface area (Å²) in [5, 5.41) is 2.61. The van der Waals surface area contributed by atoms with Crippen molar-refractivity contribution in [2.75, 3.05) is 5.32 Å². The van der Waals surface area contributed by atoms with Crippen LogP contribution < -0.4 is 5.32 Å². The molecule has 0 aliphatic rings. The molecule has 0 atom stereocenters. The van der Waals surface area contributed by atoms with Crippen molar-refractivity contribution >= 4 is 23.1 Å². The van der Waals surface area contributed by atoms with Crippen LogP contribution in [0.3, 0.4) is 0 Å². The Bertz CT molecular complexity index is 658. The van der Waals surface area contributed by atoms with Crippen LogP contribution in [0.2, 0.25) is 5.15 Å². The monoisotopic (exact) mass is 319 g/mol. The van der Waals surface area contributed by atoms with Crippen LogP contribution >= 0.6 is 11.6 Å². The highest BCUT2D eigenvalue weighted by molar-refractivity contribution is 6.29. The lowest BCUT2D eigenvalue weighted by molar-refractivity contribution is -0.137. The molecular formula is C13H10ClF4N3. The summed E-state index contributed by atoms with van der Waals surface area (Å²) in [7, 11) is 0. The first kappa shape index (κ1) is 15.5. The van der Waals surface area contributed by atoms with E-state index < -0.39 is 17.6 Å². The Balaban J connectivity index is 2.37. The fourth-order valence-corrected chi connectivity index (χ4v) is 1.82. The second-order valence-electron chi connectivity index (χ2n) is 4.16. The summed E-state index contributed by atoms with van der Waals surface area (Å²) in [5.74, 6) is -0.293. The highest BCUT2D eigenvalue weighted by Crippen LogP contribution is 2.32. The van der Waals surface area contributed by atoms with Crippen molar-refractivity contribution in [3.63, 3.8) is 0 Å². The van der Waals surface area contributed by atoms with E-state index in [0.717, 1.165) is 6.07 Å². The molecule has 0 spiro atoms. The predicted molar refractivity (Wildman–Crippen MR) is 71.1 cm³/mol. The topological polar surface area (TPSA) is 37.8 Å². The fourth-order valence-electron chi connectivity index (χ4n) is 1.62. The van der Waals surface area contributed by atoms with E-state index in [2.05, 4.69) is 15.3 Å². The summed E-state index contributed by atoms with van der Waals surface area (Å²) in [6.45, 7) is 1.79. The van der Waals surface area contributed by atoms with Crippen molar-refractivity contribution in [2.24, 2.45) is 0 Å². The van der Waals surface area contributed by atoms with E-state index in [1.54, 1.807) is 6.92 Å². The summed E-state index contributed by atoms with van der Waals surface area (Å²) >= 11 is 5.77. The normalized spacial score (nSPS) is 11.5. The number of benzene rings is 1. The van der Waals surface area contributed by atoms with E-state index in [0.29, 0.717) is 24.4 Å². The average molecular weight is 320 g/mol. The van der Waals surface area contributed by atoms with Crippen LogP contribution in [0.1, 0.15) is 18.3 Å². The minimum absolute atomic E-state index is 0.122. The summed E-state index contributed by atoms with van der Waals surface area (Å²) in [6.07, 6.45) is -4.07. The molecule has 112 valence electrons. The molecule has 0 aliphatic carbocycles. The van der Waals surface area contributed by atoms with Crippen LogP contribution in [0.25, 0.3) is 0 Å². The van der Waals surface area contributed by atoms with Gasteiger partial charge in [-0.2, -0.15) is 13.2 Å². The predicted octanol–water partition coefficient (Wildman–Crippen LogP) is 4.59. The Morgan fingerprint density at radius 2 is 1.90 bits per heavy atom. The van der Waals surface area contributed by atoms with E-state index in [-0.39, 0.29) is 16.7 Å². The first-order valence-corrected chi connectivity index (χ1v) is 6.34. The molecule has 1 aromatic carbocycles. The van der Waals surface area contributed by atoms with Crippen LogP contribution in [0.4, 0.5) is 29.1 Å². The number of rotatable bonds is 3. The van der Waals surface area contributed by atoms with Crippen molar-refractivity contribution in [2.45, 2.75) is 19.5 Å². The Morgan fingerprint density at radius 1 is 1.19 bits per heavy atom. The summed E-state index contributed by atoms with van der Waals surface area (Å²) in [6, 6.07) is 3.40. The summed E-state index contributed by atoms with van der Waals surface area (Å²) < 4.78 is 51.5. The lowest BCUT2D eigenvalue weighted by Crippen LogP contribution is -2.07. The van der Waals surface area contributed by atoms with Crippen molar-refractivity contribution in [1.82, 2.24) is 9.97 Å². The van der Waals surface area contributed by atoms with Gasteiger partial charge >= 0.3 is 6.18 Å². The van der Waals surface area contributed by atoms with Gasteiger partial charge in [0.2, 0.25) is 0 Å². The SMILES string of the molecule is CCc1nc(Cl)cc(Nc2cc(C(F)(F)F)ccc2F)n1. The van der Waals surface area contributed by atoms with Gasteiger partial charge in [0.15, 0.2) is 0 Å². The molecule has 8 heteroatoms. The molecule has 0 bridgehead atoms. The Morgan fingerprint density at radius 3 is 2.52 bits per heavy atom. The molecule has 0 saturated heterocycles. The van der Waals surface area contributed by atoms with E-state index in [9.17, 15) is 17.6 Å². The number of hydrogen-bond donors (Lipinski definition) is 1. The van der Waals surface area contributed by atoms with Gasteiger partial charge in [0.1, 0.15) is 22.6 Å². The minimum atomic E-state index is -4.55. The van der Waals surface area contributed by atoms with E-state index in [4.69, 9.17) is 11.6 Å². The Kier molecular flexibility index (Phi) is 4.32. The van der Waals surface area contributed by atoms with Crippen molar-refractivity contribution in [1.29, 1.82) is 0 Å². The number of hydrogen-bond acceptors (Lipinski definition) is 3. The highest BCUT2D eigenvalue weighted by Gasteiger charge is 2.31. The zero-order chi connectivity index (χ0) is 15.6. The largest absolute Gasteiger partial charge is 0.416 e. The average Bonchev–Trinajstić information content (AvgIpc) is 2.39. The van der Waals surface area contributed by atoms with Gasteiger partial charge in [-0.25, -0.2) is 14.4 Å². The molecule has 2 aromatic rings. The fraction of sp³-hybridized carbons (Fsp3) is 0.231. The van der Waals surface area contributed by atoms with Gasteiger partial charge in [-0.05, 0) is 18.2 Å². The van der Waals surface area contributed by atoms with E-state index in [1.165, 1.54) is 6.07 Å². The van der Waals surface area contributed by atoms with Gasteiger partial charge in [0.05, 0.1) is 11.3 Å². The number of nitrogens with one attached hydrogen (secondary N) is 1. The molecule has 0 aliphatic heterocycles. The Hall–Kier alpha value is -1.89. The smallest absolute Gasteiger partial charge is 0.338 e. The molecule has 1 aromatic heterocycles. The summed E-state index contributed by atoms with van der Waals surface area (Å²) in [4.78, 5) is 7.94. The number of aromatic nitrogens is 2. The first-order chi connectivity index (χ1) is 9.79. The van der Waals surface area contributed by atoms with Gasteiger partial charge in [-0.1, -0.05) is 18.5 Å². The lowest BCUT2D eigenvalue weighted by Gasteiger charge is -2.12. The maximum absolute atomic E-state index is 13.6. The molecule has 0 saturated carbocycles. The maximum atomic E-state index is 13.6. The first-order valence-electron chi connectivity index (χ1n) is 5.97. The molecular weight excluding hydrogens is 310 g/mol. The van der Waals surface area contributed by atoms with Gasteiger partial charge in [-0.3, -0.25) is 0 Å². The lowest BCUT2D eigenvalue weighted by atomic mass is 10.2. The second-order valence-corrected chi connectivity index (χ2v) is 4.55. The molecule has 21 heavy (non-hydrogen) atoms. The zero-order valence-electron chi connectivity index (χ0n) is 10.8. The molecule has 0 amide bonds. The Labute approximate surface area is 123 Å². The van der Waals surface area contributed by atoms with Crippen molar-refractivity contribution in [3.05, 3.63) is 46.6 Å².